The first-order chi connectivity index (χ1) is 11.5. The monoisotopic (exact) mass is 345 g/mol. The lowest BCUT2D eigenvalue weighted by Gasteiger charge is -2.38. The zero-order valence-corrected chi connectivity index (χ0v) is 14.8. The SMILES string of the molecule is O=C(O)CCCCCCCCCCCN1CC(O)C(O)C(CO)C1. The number of hydrogen-bond acceptors (Lipinski definition) is 5. The van der Waals surface area contributed by atoms with Crippen molar-refractivity contribution in [3.05, 3.63) is 0 Å². The minimum Gasteiger partial charge on any atom is -0.481 e. The van der Waals surface area contributed by atoms with Crippen molar-refractivity contribution in [3.63, 3.8) is 0 Å². The van der Waals surface area contributed by atoms with Crippen LogP contribution in [0, 0.1) is 5.92 Å². The second-order valence-electron chi connectivity index (χ2n) is 7.09. The first kappa shape index (κ1) is 21.4. The molecule has 0 spiro atoms. The van der Waals surface area contributed by atoms with Gasteiger partial charge in [-0.3, -0.25) is 4.79 Å². The van der Waals surface area contributed by atoms with Gasteiger partial charge < -0.3 is 25.3 Å². The summed E-state index contributed by atoms with van der Waals surface area (Å²) >= 11 is 0. The van der Waals surface area contributed by atoms with E-state index in [0.717, 1.165) is 38.6 Å². The van der Waals surface area contributed by atoms with Gasteiger partial charge >= 0.3 is 5.97 Å². The predicted molar refractivity (Wildman–Crippen MR) is 92.8 cm³/mol. The largest absolute Gasteiger partial charge is 0.481 e. The Kier molecular flexibility index (Phi) is 11.2. The van der Waals surface area contributed by atoms with Crippen LogP contribution in [0.5, 0.6) is 0 Å². The van der Waals surface area contributed by atoms with Crippen molar-refractivity contribution < 1.29 is 25.2 Å². The minimum atomic E-state index is -0.804. The molecule has 142 valence electrons. The molecule has 0 aliphatic carbocycles. The maximum absolute atomic E-state index is 10.4. The molecule has 6 nitrogen and oxygen atoms in total. The Hall–Kier alpha value is -0.690. The van der Waals surface area contributed by atoms with Crippen LogP contribution in [0.2, 0.25) is 0 Å². The van der Waals surface area contributed by atoms with Gasteiger partial charge in [0.05, 0.1) is 12.2 Å². The first-order valence-corrected chi connectivity index (χ1v) is 9.45. The number of likely N-dealkylation sites (tertiary alicyclic amines) is 1. The molecular weight excluding hydrogens is 310 g/mol. The third-order valence-electron chi connectivity index (χ3n) is 4.91. The summed E-state index contributed by atoms with van der Waals surface area (Å²) < 4.78 is 0. The lowest BCUT2D eigenvalue weighted by Crippen LogP contribution is -2.53. The van der Waals surface area contributed by atoms with Crippen LogP contribution in [-0.2, 0) is 4.79 Å². The Bertz CT molecular complexity index is 339. The van der Waals surface area contributed by atoms with Gasteiger partial charge in [0.15, 0.2) is 0 Å². The molecule has 3 unspecified atom stereocenters. The summed E-state index contributed by atoms with van der Waals surface area (Å²) in [7, 11) is 0. The van der Waals surface area contributed by atoms with Gasteiger partial charge in [0, 0.05) is 32.0 Å². The number of piperidine rings is 1. The highest BCUT2D eigenvalue weighted by atomic mass is 16.4. The van der Waals surface area contributed by atoms with Crippen molar-refractivity contribution in [2.45, 2.75) is 76.4 Å². The van der Waals surface area contributed by atoms with Crippen molar-refractivity contribution in [1.29, 1.82) is 0 Å². The Morgan fingerprint density at radius 1 is 0.875 bits per heavy atom. The number of nitrogens with zero attached hydrogens (tertiary/aromatic N) is 1. The number of β-amino-alcohol motifs (C(OH)–C–C–N with tert-alkyl or cyclic N) is 1. The highest BCUT2D eigenvalue weighted by molar-refractivity contribution is 5.66. The highest BCUT2D eigenvalue weighted by Crippen LogP contribution is 2.18. The van der Waals surface area contributed by atoms with Gasteiger partial charge in [0.2, 0.25) is 0 Å². The topological polar surface area (TPSA) is 101 Å². The summed E-state index contributed by atoms with van der Waals surface area (Å²) in [5.74, 6) is -0.939. The Morgan fingerprint density at radius 3 is 1.96 bits per heavy atom. The molecule has 0 aromatic carbocycles. The van der Waals surface area contributed by atoms with E-state index >= 15 is 0 Å². The van der Waals surface area contributed by atoms with Crippen molar-refractivity contribution in [3.8, 4) is 0 Å². The minimum absolute atomic E-state index is 0.0822. The van der Waals surface area contributed by atoms with Gasteiger partial charge in [0.25, 0.3) is 0 Å². The summed E-state index contributed by atoms with van der Waals surface area (Å²) in [5, 5.41) is 37.4. The van der Waals surface area contributed by atoms with Crippen molar-refractivity contribution in [2.24, 2.45) is 5.92 Å². The van der Waals surface area contributed by atoms with Gasteiger partial charge in [-0.25, -0.2) is 0 Å². The second kappa shape index (κ2) is 12.6. The van der Waals surface area contributed by atoms with E-state index in [1.165, 1.54) is 25.7 Å². The number of carboxylic acid groups (broad SMARTS) is 1. The van der Waals surface area contributed by atoms with Crippen molar-refractivity contribution in [2.75, 3.05) is 26.2 Å². The molecule has 1 aliphatic rings. The summed E-state index contributed by atoms with van der Waals surface area (Å²) in [6.45, 7) is 1.98. The quantitative estimate of drug-likeness (QED) is 0.378. The zero-order valence-electron chi connectivity index (χ0n) is 14.8. The van der Waals surface area contributed by atoms with Crippen LogP contribution in [0.3, 0.4) is 0 Å². The molecule has 0 saturated carbocycles. The smallest absolute Gasteiger partial charge is 0.303 e. The molecular formula is C18H35NO5. The van der Waals surface area contributed by atoms with Gasteiger partial charge in [-0.05, 0) is 19.4 Å². The second-order valence-corrected chi connectivity index (χ2v) is 7.09. The summed E-state index contributed by atoms with van der Waals surface area (Å²) in [4.78, 5) is 12.5. The standard InChI is InChI=1S/C18H35NO5/c20-14-15-12-19(13-16(21)18(15)24)11-9-7-5-3-1-2-4-6-8-10-17(22)23/h15-16,18,20-21,24H,1-14H2,(H,22,23). The van der Waals surface area contributed by atoms with Gasteiger partial charge in [0.1, 0.15) is 0 Å². The fraction of sp³-hybridized carbons (Fsp3) is 0.944. The van der Waals surface area contributed by atoms with Gasteiger partial charge in [-0.1, -0.05) is 44.9 Å². The van der Waals surface area contributed by atoms with Gasteiger partial charge in [-0.2, -0.15) is 0 Å². The van der Waals surface area contributed by atoms with E-state index in [1.54, 1.807) is 0 Å². The molecule has 4 N–H and O–H groups in total. The van der Waals surface area contributed by atoms with E-state index in [2.05, 4.69) is 4.90 Å². The van der Waals surface area contributed by atoms with Crippen molar-refractivity contribution in [1.82, 2.24) is 4.90 Å². The molecule has 1 heterocycles. The molecule has 1 aliphatic heterocycles. The fourth-order valence-corrected chi connectivity index (χ4v) is 3.40. The number of carboxylic acids is 1. The fourth-order valence-electron chi connectivity index (χ4n) is 3.40. The molecule has 3 atom stereocenters. The third-order valence-corrected chi connectivity index (χ3v) is 4.91. The van der Waals surface area contributed by atoms with Crippen molar-refractivity contribution >= 4 is 5.97 Å². The summed E-state index contributed by atoms with van der Waals surface area (Å²) in [5.41, 5.74) is 0. The average molecular weight is 345 g/mol. The number of aliphatic hydroxyl groups is 3. The Labute approximate surface area is 145 Å². The lowest BCUT2D eigenvalue weighted by molar-refractivity contribution is -0.137. The summed E-state index contributed by atoms with van der Waals surface area (Å²) in [6, 6.07) is 0. The molecule has 0 aromatic rings. The molecule has 6 heteroatoms. The van der Waals surface area contributed by atoms with Crippen LogP contribution in [0.25, 0.3) is 0 Å². The number of hydrogen-bond donors (Lipinski definition) is 4. The number of rotatable bonds is 13. The lowest BCUT2D eigenvalue weighted by atomic mass is 9.93. The Morgan fingerprint density at radius 2 is 1.42 bits per heavy atom. The van der Waals surface area contributed by atoms with Crippen LogP contribution in [-0.4, -0.2) is 69.7 Å². The molecule has 1 rings (SSSR count). The molecule has 0 amide bonds. The van der Waals surface area contributed by atoms with Crippen LogP contribution >= 0.6 is 0 Å². The predicted octanol–water partition coefficient (Wildman–Crippen LogP) is 1.62. The summed E-state index contributed by atoms with van der Waals surface area (Å²) in [6.07, 6.45) is 8.75. The maximum Gasteiger partial charge on any atom is 0.303 e. The molecule has 1 fully saturated rings. The molecule has 1 saturated heterocycles. The molecule has 0 radical (unpaired) electrons. The van der Waals surface area contributed by atoms with E-state index in [4.69, 9.17) is 5.11 Å². The highest BCUT2D eigenvalue weighted by Gasteiger charge is 2.33. The van der Waals surface area contributed by atoms with Gasteiger partial charge in [-0.15, -0.1) is 0 Å². The Balaban J connectivity index is 1.92. The molecule has 24 heavy (non-hydrogen) atoms. The number of aliphatic hydroxyl groups excluding tert-OH is 3. The van der Waals surface area contributed by atoms with Crippen LogP contribution in [0.1, 0.15) is 64.2 Å². The maximum atomic E-state index is 10.4. The zero-order chi connectivity index (χ0) is 17.8. The molecule has 0 bridgehead atoms. The van der Waals surface area contributed by atoms with E-state index < -0.39 is 18.2 Å². The average Bonchev–Trinajstić information content (AvgIpc) is 2.55. The number of unbranched alkanes of at least 4 members (excludes halogenated alkanes) is 8. The number of carbonyl (C=O) groups is 1. The first-order valence-electron chi connectivity index (χ1n) is 9.45. The van der Waals surface area contributed by atoms with Crippen LogP contribution < -0.4 is 0 Å². The van der Waals surface area contributed by atoms with Crippen LogP contribution in [0.15, 0.2) is 0 Å². The normalized spacial score (nSPS) is 25.0. The van der Waals surface area contributed by atoms with E-state index in [-0.39, 0.29) is 12.5 Å². The molecule has 0 aromatic heterocycles. The van der Waals surface area contributed by atoms with E-state index in [1.807, 2.05) is 0 Å². The van der Waals surface area contributed by atoms with E-state index in [9.17, 15) is 20.1 Å². The third kappa shape index (κ3) is 8.97. The van der Waals surface area contributed by atoms with Crippen LogP contribution in [0.4, 0.5) is 0 Å². The number of aliphatic carboxylic acids is 1. The van der Waals surface area contributed by atoms with E-state index in [0.29, 0.717) is 19.5 Å².